The molecule has 0 aliphatic heterocycles. The SMILES string of the molecule is CNC(C(=O)NCc1ccccc1CS(=O)(=O)NC(C)C)c1cnn(C)c1. The molecule has 1 aromatic carbocycles. The molecule has 1 amide bonds. The van der Waals surface area contributed by atoms with Crippen LogP contribution in [0.1, 0.15) is 36.6 Å². The summed E-state index contributed by atoms with van der Waals surface area (Å²) in [6.45, 7) is 3.80. The number of aryl methyl sites for hydroxylation is 1. The van der Waals surface area contributed by atoms with Crippen molar-refractivity contribution in [2.45, 2.75) is 38.2 Å². The van der Waals surface area contributed by atoms with E-state index in [4.69, 9.17) is 0 Å². The maximum Gasteiger partial charge on any atom is 0.242 e. The van der Waals surface area contributed by atoms with Crippen molar-refractivity contribution in [1.82, 2.24) is 25.1 Å². The third kappa shape index (κ3) is 6.16. The molecule has 3 N–H and O–H groups in total. The topological polar surface area (TPSA) is 105 Å². The van der Waals surface area contributed by atoms with E-state index in [0.717, 1.165) is 11.1 Å². The van der Waals surface area contributed by atoms with Crippen LogP contribution in [-0.2, 0) is 34.2 Å². The molecule has 1 atom stereocenters. The van der Waals surface area contributed by atoms with Crippen molar-refractivity contribution in [3.05, 3.63) is 53.3 Å². The number of sulfonamides is 1. The molecule has 9 heteroatoms. The first-order valence-electron chi connectivity index (χ1n) is 8.72. The highest BCUT2D eigenvalue weighted by Gasteiger charge is 2.21. The van der Waals surface area contributed by atoms with Crippen LogP contribution < -0.4 is 15.4 Å². The van der Waals surface area contributed by atoms with Crippen LogP contribution in [0.15, 0.2) is 36.7 Å². The van der Waals surface area contributed by atoms with Gasteiger partial charge in [0.1, 0.15) is 6.04 Å². The monoisotopic (exact) mass is 393 g/mol. The van der Waals surface area contributed by atoms with Gasteiger partial charge in [0.2, 0.25) is 15.9 Å². The maximum absolute atomic E-state index is 12.6. The number of carbonyl (C=O) groups excluding carboxylic acids is 1. The van der Waals surface area contributed by atoms with Crippen molar-refractivity contribution in [2.24, 2.45) is 7.05 Å². The molecule has 0 aliphatic rings. The molecule has 2 aromatic rings. The van der Waals surface area contributed by atoms with Crippen molar-refractivity contribution in [2.75, 3.05) is 7.05 Å². The molecule has 0 aliphatic carbocycles. The van der Waals surface area contributed by atoms with E-state index in [-0.39, 0.29) is 24.2 Å². The van der Waals surface area contributed by atoms with Crippen molar-refractivity contribution in [3.63, 3.8) is 0 Å². The predicted octanol–water partition coefficient (Wildman–Crippen LogP) is 0.825. The van der Waals surface area contributed by atoms with Gasteiger partial charge in [0.25, 0.3) is 0 Å². The number of likely N-dealkylation sites (N-methyl/N-ethyl adjacent to an activating group) is 1. The van der Waals surface area contributed by atoms with Gasteiger partial charge >= 0.3 is 0 Å². The van der Waals surface area contributed by atoms with E-state index in [0.29, 0.717) is 5.56 Å². The van der Waals surface area contributed by atoms with E-state index in [9.17, 15) is 13.2 Å². The van der Waals surface area contributed by atoms with E-state index in [1.165, 1.54) is 0 Å². The highest BCUT2D eigenvalue weighted by Crippen LogP contribution is 2.15. The summed E-state index contributed by atoms with van der Waals surface area (Å²) in [5.41, 5.74) is 2.18. The Morgan fingerprint density at radius 3 is 2.44 bits per heavy atom. The van der Waals surface area contributed by atoms with E-state index in [1.807, 2.05) is 12.1 Å². The lowest BCUT2D eigenvalue weighted by molar-refractivity contribution is -0.123. The smallest absolute Gasteiger partial charge is 0.242 e. The molecule has 0 fully saturated rings. The van der Waals surface area contributed by atoms with Crippen LogP contribution >= 0.6 is 0 Å². The Morgan fingerprint density at radius 1 is 1.22 bits per heavy atom. The minimum atomic E-state index is -3.44. The average molecular weight is 394 g/mol. The van der Waals surface area contributed by atoms with E-state index in [2.05, 4.69) is 20.5 Å². The highest BCUT2D eigenvalue weighted by atomic mass is 32.2. The van der Waals surface area contributed by atoms with Crippen molar-refractivity contribution >= 4 is 15.9 Å². The fraction of sp³-hybridized carbons (Fsp3) is 0.444. The van der Waals surface area contributed by atoms with Gasteiger partial charge in [-0.05, 0) is 32.0 Å². The lowest BCUT2D eigenvalue weighted by Crippen LogP contribution is -2.36. The standard InChI is InChI=1S/C18H27N5O3S/c1-13(2)22-27(25,26)12-15-8-6-5-7-14(15)9-20-18(24)17(19-3)16-10-21-23(4)11-16/h5-8,10-11,13,17,19,22H,9,12H2,1-4H3,(H,20,24). The second kappa shape index (κ2) is 9.12. The van der Waals surface area contributed by atoms with Crippen LogP contribution in [0.25, 0.3) is 0 Å². The van der Waals surface area contributed by atoms with Gasteiger partial charge in [0.05, 0.1) is 11.9 Å². The molecule has 0 radical (unpaired) electrons. The first-order valence-corrected chi connectivity index (χ1v) is 10.4. The fourth-order valence-corrected chi connectivity index (χ4v) is 4.29. The van der Waals surface area contributed by atoms with Gasteiger partial charge in [-0.25, -0.2) is 13.1 Å². The van der Waals surface area contributed by atoms with Crippen LogP contribution in [0, 0.1) is 0 Å². The molecule has 148 valence electrons. The van der Waals surface area contributed by atoms with Crippen LogP contribution in [0.2, 0.25) is 0 Å². The highest BCUT2D eigenvalue weighted by molar-refractivity contribution is 7.88. The number of benzene rings is 1. The normalized spacial score (nSPS) is 12.9. The van der Waals surface area contributed by atoms with E-state index >= 15 is 0 Å². The van der Waals surface area contributed by atoms with Crippen LogP contribution in [0.4, 0.5) is 0 Å². The number of hydrogen-bond donors (Lipinski definition) is 3. The third-order valence-electron chi connectivity index (χ3n) is 3.94. The number of aromatic nitrogens is 2. The molecule has 1 heterocycles. The molecule has 27 heavy (non-hydrogen) atoms. The molecule has 0 spiro atoms. The van der Waals surface area contributed by atoms with Crippen molar-refractivity contribution in [1.29, 1.82) is 0 Å². The Morgan fingerprint density at radius 2 is 1.89 bits per heavy atom. The van der Waals surface area contributed by atoms with Crippen LogP contribution in [0.3, 0.4) is 0 Å². The number of amides is 1. The number of hydrogen-bond acceptors (Lipinski definition) is 5. The first kappa shape index (κ1) is 21.1. The summed E-state index contributed by atoms with van der Waals surface area (Å²) in [6, 6.07) is 6.49. The Labute approximate surface area is 160 Å². The summed E-state index contributed by atoms with van der Waals surface area (Å²) in [7, 11) is 0.0492. The minimum absolute atomic E-state index is 0.130. The van der Waals surface area contributed by atoms with Crippen LogP contribution in [-0.4, -0.2) is 37.2 Å². The predicted molar refractivity (Wildman–Crippen MR) is 104 cm³/mol. The van der Waals surface area contributed by atoms with Gasteiger partial charge in [-0.3, -0.25) is 9.48 Å². The minimum Gasteiger partial charge on any atom is -0.350 e. The summed E-state index contributed by atoms with van der Waals surface area (Å²) in [5.74, 6) is -0.335. The van der Waals surface area contributed by atoms with Gasteiger partial charge in [0, 0.05) is 31.4 Å². The van der Waals surface area contributed by atoms with Gasteiger partial charge in [0.15, 0.2) is 0 Å². The molecule has 0 saturated carbocycles. The molecule has 8 nitrogen and oxygen atoms in total. The average Bonchev–Trinajstić information content (AvgIpc) is 2.99. The molecule has 1 aromatic heterocycles. The Balaban J connectivity index is 2.08. The van der Waals surface area contributed by atoms with Gasteiger partial charge in [-0.15, -0.1) is 0 Å². The molecule has 2 rings (SSSR count). The van der Waals surface area contributed by atoms with Gasteiger partial charge < -0.3 is 10.6 Å². The zero-order valence-electron chi connectivity index (χ0n) is 16.1. The first-order chi connectivity index (χ1) is 12.7. The van der Waals surface area contributed by atoms with E-state index < -0.39 is 16.1 Å². The largest absolute Gasteiger partial charge is 0.350 e. The van der Waals surface area contributed by atoms with E-state index in [1.54, 1.807) is 57.2 Å². The molecule has 0 saturated heterocycles. The summed E-state index contributed by atoms with van der Waals surface area (Å²) in [4.78, 5) is 12.6. The lowest BCUT2D eigenvalue weighted by Gasteiger charge is -2.16. The van der Waals surface area contributed by atoms with Crippen molar-refractivity contribution < 1.29 is 13.2 Å². The summed E-state index contributed by atoms with van der Waals surface area (Å²) >= 11 is 0. The number of rotatable bonds is 9. The summed E-state index contributed by atoms with van der Waals surface area (Å²) in [5, 5.41) is 9.93. The Bertz CT molecular complexity index is 877. The fourth-order valence-electron chi connectivity index (χ4n) is 2.80. The van der Waals surface area contributed by atoms with Crippen LogP contribution in [0.5, 0.6) is 0 Å². The second-order valence-corrected chi connectivity index (χ2v) is 8.44. The zero-order chi connectivity index (χ0) is 20.0. The molecular weight excluding hydrogens is 366 g/mol. The quantitative estimate of drug-likeness (QED) is 0.585. The molecule has 1 unspecified atom stereocenters. The van der Waals surface area contributed by atoms with Gasteiger partial charge in [-0.1, -0.05) is 24.3 Å². The summed E-state index contributed by atoms with van der Waals surface area (Å²) in [6.07, 6.45) is 3.41. The van der Waals surface area contributed by atoms with Gasteiger partial charge in [-0.2, -0.15) is 5.10 Å². The maximum atomic E-state index is 12.6. The number of carbonyl (C=O) groups is 1. The lowest BCUT2D eigenvalue weighted by atomic mass is 10.1. The molecule has 0 bridgehead atoms. The second-order valence-electron chi connectivity index (χ2n) is 6.69. The third-order valence-corrected chi connectivity index (χ3v) is 5.46. The summed E-state index contributed by atoms with van der Waals surface area (Å²) < 4.78 is 28.7. The Hall–Kier alpha value is -2.23. The zero-order valence-corrected chi connectivity index (χ0v) is 16.9. The number of nitrogens with one attached hydrogen (secondary N) is 3. The Kier molecular flexibility index (Phi) is 7.11. The number of nitrogens with zero attached hydrogens (tertiary/aromatic N) is 2. The molecular formula is C18H27N5O3S. The van der Waals surface area contributed by atoms with Crippen molar-refractivity contribution in [3.8, 4) is 0 Å².